The van der Waals surface area contributed by atoms with Gasteiger partial charge in [0.05, 0.1) is 0 Å². The Morgan fingerprint density at radius 3 is 1.83 bits per heavy atom. The van der Waals surface area contributed by atoms with E-state index in [0.717, 1.165) is 45.5 Å². The first-order chi connectivity index (χ1) is 28.5. The molecule has 1 heterocycles. The second-order valence-corrected chi connectivity index (χ2v) is 15.1. The first kappa shape index (κ1) is 36.7. The molecule has 9 rings (SSSR count). The Kier molecular flexibility index (Phi) is 10.0. The van der Waals surface area contributed by atoms with E-state index in [2.05, 4.69) is 172 Å². The summed E-state index contributed by atoms with van der Waals surface area (Å²) in [5.41, 5.74) is 9.08. The van der Waals surface area contributed by atoms with Crippen LogP contribution in [0.25, 0.3) is 84.4 Å². The van der Waals surface area contributed by atoms with Crippen molar-refractivity contribution in [2.45, 2.75) is 39.5 Å². The van der Waals surface area contributed by atoms with Crippen molar-refractivity contribution in [1.29, 1.82) is 0 Å². The number of hydrogen-bond donors (Lipinski definition) is 0. The van der Waals surface area contributed by atoms with Crippen molar-refractivity contribution in [3.8, 4) is 33.9 Å². The van der Waals surface area contributed by atoms with Crippen molar-refractivity contribution in [1.82, 2.24) is 15.0 Å². The quantitative estimate of drug-likeness (QED) is 0.138. The summed E-state index contributed by atoms with van der Waals surface area (Å²) in [6.45, 7) is 11.5. The zero-order valence-corrected chi connectivity index (χ0v) is 33.3. The lowest BCUT2D eigenvalue weighted by atomic mass is 9.82. The van der Waals surface area contributed by atoms with Crippen LogP contribution in [0.15, 0.2) is 170 Å². The number of nitrogens with zero attached hydrogens (tertiary/aromatic N) is 3. The van der Waals surface area contributed by atoms with Gasteiger partial charge >= 0.3 is 0 Å². The van der Waals surface area contributed by atoms with Crippen LogP contribution in [0.2, 0.25) is 0 Å². The van der Waals surface area contributed by atoms with Gasteiger partial charge in [0.15, 0.2) is 17.5 Å². The summed E-state index contributed by atoms with van der Waals surface area (Å²) in [5, 5.41) is 9.49. The molecular formula is C55H45N3. The Morgan fingerprint density at radius 1 is 0.586 bits per heavy atom. The highest BCUT2D eigenvalue weighted by Gasteiger charge is 2.20. The third-order valence-electron chi connectivity index (χ3n) is 11.6. The number of rotatable bonds is 9. The van der Waals surface area contributed by atoms with Crippen LogP contribution >= 0.6 is 0 Å². The van der Waals surface area contributed by atoms with E-state index in [-0.39, 0.29) is 0 Å². The maximum absolute atomic E-state index is 5.20. The van der Waals surface area contributed by atoms with Gasteiger partial charge in [0.2, 0.25) is 0 Å². The van der Waals surface area contributed by atoms with Gasteiger partial charge in [-0.2, -0.15) is 0 Å². The average molecular weight is 748 g/mol. The molecule has 0 amide bonds. The lowest BCUT2D eigenvalue weighted by Gasteiger charge is -2.21. The van der Waals surface area contributed by atoms with Crippen LogP contribution in [-0.2, 0) is 6.42 Å². The van der Waals surface area contributed by atoms with Crippen LogP contribution in [0.1, 0.15) is 48.7 Å². The summed E-state index contributed by atoms with van der Waals surface area (Å²) in [7, 11) is 0. The lowest BCUT2D eigenvalue weighted by molar-refractivity contribution is 0.665. The van der Waals surface area contributed by atoms with Crippen LogP contribution in [0.3, 0.4) is 0 Å². The molecule has 0 aliphatic carbocycles. The predicted molar refractivity (Wildman–Crippen MR) is 246 cm³/mol. The van der Waals surface area contributed by atoms with Gasteiger partial charge in [-0.15, -0.1) is 0 Å². The van der Waals surface area contributed by atoms with E-state index in [1.54, 1.807) is 0 Å². The summed E-state index contributed by atoms with van der Waals surface area (Å²) >= 11 is 0. The SMILES string of the molecule is C=c1/c(=C\C(=C/C)c2nc(-c3ccccc3)nc(-c3ccc(-c4ccccc4)cc3)n2)c2c3ccccc3cc(C)c2c2c(C(CC)Cc3ccccc3)cccc12. The molecular weight excluding hydrogens is 703 g/mol. The fraction of sp³-hybridized carbons (Fsp3) is 0.109. The number of hydrogen-bond acceptors (Lipinski definition) is 3. The monoisotopic (exact) mass is 747 g/mol. The van der Waals surface area contributed by atoms with Crippen LogP contribution in [0.4, 0.5) is 0 Å². The third kappa shape index (κ3) is 6.90. The zero-order valence-electron chi connectivity index (χ0n) is 33.3. The standard InChI is InChI=1S/C55H45N3/c1-5-39(34-38-19-10-7-11-20-38)47-28-18-27-46-37(4)49(52-48-26-17-16-25-45(48)33-36(3)50(52)51(46)47)35-40(6-2)53-56-54(43-23-14-9-15-24-43)58-55(57-53)44-31-29-42(30-32-44)41-21-12-8-13-22-41/h6-33,35,39H,4-5,34H2,1-3H3/b40-6+,49-35+. The number of allylic oxidation sites excluding steroid dienone is 2. The summed E-state index contributed by atoms with van der Waals surface area (Å²) in [6, 6.07) is 57.9. The Hall–Kier alpha value is -6.97. The Morgan fingerprint density at radius 2 is 1.16 bits per heavy atom. The van der Waals surface area contributed by atoms with E-state index in [1.165, 1.54) is 54.6 Å². The van der Waals surface area contributed by atoms with Crippen molar-refractivity contribution in [3.05, 3.63) is 203 Å². The highest BCUT2D eigenvalue weighted by Crippen LogP contribution is 2.37. The second kappa shape index (κ2) is 15.9. The largest absolute Gasteiger partial charge is 0.208 e. The summed E-state index contributed by atoms with van der Waals surface area (Å²) < 4.78 is 0. The minimum Gasteiger partial charge on any atom is -0.208 e. The molecule has 280 valence electrons. The Bertz CT molecular complexity index is 3080. The number of aryl methyl sites for hydroxylation is 1. The minimum atomic E-state index is 0.349. The summed E-state index contributed by atoms with van der Waals surface area (Å²) in [5.74, 6) is 2.23. The van der Waals surface area contributed by atoms with E-state index in [1.807, 2.05) is 24.3 Å². The number of fused-ring (bicyclic) bond motifs is 5. The van der Waals surface area contributed by atoms with Crippen molar-refractivity contribution < 1.29 is 0 Å². The van der Waals surface area contributed by atoms with Gasteiger partial charge in [-0.25, -0.2) is 15.0 Å². The van der Waals surface area contributed by atoms with Crippen LogP contribution in [-0.4, -0.2) is 15.0 Å². The zero-order chi connectivity index (χ0) is 39.6. The Balaban J connectivity index is 1.28. The molecule has 9 aromatic rings. The van der Waals surface area contributed by atoms with Gasteiger partial charge in [0, 0.05) is 16.7 Å². The van der Waals surface area contributed by atoms with Gasteiger partial charge in [-0.1, -0.05) is 183 Å². The van der Waals surface area contributed by atoms with Crippen LogP contribution < -0.4 is 10.4 Å². The molecule has 1 aromatic heterocycles. The van der Waals surface area contributed by atoms with E-state index in [4.69, 9.17) is 21.5 Å². The second-order valence-electron chi connectivity index (χ2n) is 15.1. The molecule has 1 unspecified atom stereocenters. The molecule has 0 fully saturated rings. The van der Waals surface area contributed by atoms with Crippen molar-refractivity contribution >= 4 is 50.5 Å². The van der Waals surface area contributed by atoms with E-state index in [9.17, 15) is 0 Å². The minimum absolute atomic E-state index is 0.349. The topological polar surface area (TPSA) is 38.7 Å². The molecule has 3 nitrogen and oxygen atoms in total. The van der Waals surface area contributed by atoms with Gasteiger partial charge in [0.1, 0.15) is 0 Å². The first-order valence-electron chi connectivity index (χ1n) is 20.3. The molecule has 0 bridgehead atoms. The fourth-order valence-corrected chi connectivity index (χ4v) is 8.58. The highest BCUT2D eigenvalue weighted by atomic mass is 15.0. The molecule has 8 aromatic carbocycles. The average Bonchev–Trinajstić information content (AvgIpc) is 3.28. The van der Waals surface area contributed by atoms with E-state index >= 15 is 0 Å². The number of benzene rings is 8. The van der Waals surface area contributed by atoms with Gasteiger partial charge in [-0.05, 0) is 109 Å². The van der Waals surface area contributed by atoms with Crippen molar-refractivity contribution in [3.63, 3.8) is 0 Å². The van der Waals surface area contributed by atoms with E-state index in [0.29, 0.717) is 23.4 Å². The summed E-state index contributed by atoms with van der Waals surface area (Å²) in [4.78, 5) is 15.4. The maximum atomic E-state index is 5.20. The van der Waals surface area contributed by atoms with Crippen LogP contribution in [0, 0.1) is 6.92 Å². The smallest absolute Gasteiger partial charge is 0.164 e. The van der Waals surface area contributed by atoms with Gasteiger partial charge < -0.3 is 0 Å². The molecule has 0 aliphatic rings. The molecule has 0 saturated carbocycles. The van der Waals surface area contributed by atoms with Crippen molar-refractivity contribution in [2.24, 2.45) is 0 Å². The van der Waals surface area contributed by atoms with E-state index < -0.39 is 0 Å². The van der Waals surface area contributed by atoms with Crippen molar-refractivity contribution in [2.75, 3.05) is 0 Å². The molecule has 0 radical (unpaired) electrons. The van der Waals surface area contributed by atoms with Gasteiger partial charge in [0.25, 0.3) is 0 Å². The molecule has 58 heavy (non-hydrogen) atoms. The lowest BCUT2D eigenvalue weighted by Crippen LogP contribution is -2.26. The highest BCUT2D eigenvalue weighted by molar-refractivity contribution is 6.20. The molecule has 0 spiro atoms. The van der Waals surface area contributed by atoms with Gasteiger partial charge in [-0.3, -0.25) is 0 Å². The Labute approximate surface area is 340 Å². The number of aromatic nitrogens is 3. The molecule has 3 heteroatoms. The normalized spacial score (nSPS) is 12.7. The predicted octanol–water partition coefficient (Wildman–Crippen LogP) is 12.7. The fourth-order valence-electron chi connectivity index (χ4n) is 8.58. The summed E-state index contributed by atoms with van der Waals surface area (Å²) in [6.07, 6.45) is 6.39. The first-order valence-corrected chi connectivity index (χ1v) is 20.3. The van der Waals surface area contributed by atoms with Crippen LogP contribution in [0.5, 0.6) is 0 Å². The molecule has 0 aliphatic heterocycles. The maximum Gasteiger partial charge on any atom is 0.164 e. The molecule has 1 atom stereocenters. The molecule has 0 N–H and O–H groups in total. The molecule has 0 saturated heterocycles. The third-order valence-corrected chi connectivity index (χ3v) is 11.6.